The molecule has 0 nitrogen and oxygen atoms in total. The van der Waals surface area contributed by atoms with Crippen LogP contribution in [0, 0.1) is 10.8 Å². The van der Waals surface area contributed by atoms with Gasteiger partial charge in [0.2, 0.25) is 0 Å². The molecule has 0 bridgehead atoms. The minimum absolute atomic E-state index is 0.712. The zero-order valence-corrected chi connectivity index (χ0v) is 12.2. The maximum absolute atomic E-state index is 2.55. The van der Waals surface area contributed by atoms with E-state index in [2.05, 4.69) is 13.8 Å². The molecular weight excluding hydrogens is 204 g/mol. The highest BCUT2D eigenvalue weighted by Crippen LogP contribution is 2.44. The molecule has 0 aromatic rings. The van der Waals surface area contributed by atoms with E-state index in [1.165, 1.54) is 83.5 Å². The molecule has 0 radical (unpaired) electrons. The van der Waals surface area contributed by atoms with Gasteiger partial charge in [0.1, 0.15) is 0 Å². The second-order valence-corrected chi connectivity index (χ2v) is 7.60. The quantitative estimate of drug-likeness (QED) is 0.553. The molecule has 100 valence electrons. The minimum atomic E-state index is 0.712. The average molecular weight is 236 g/mol. The first-order chi connectivity index (χ1) is 8.12. The average Bonchev–Trinajstić information content (AvgIpc) is 2.30. The second-order valence-electron chi connectivity index (χ2n) is 7.60. The van der Waals surface area contributed by atoms with Crippen LogP contribution in [-0.2, 0) is 0 Å². The lowest BCUT2D eigenvalue weighted by atomic mass is 9.69. The van der Waals surface area contributed by atoms with Crippen molar-refractivity contribution in [1.29, 1.82) is 0 Å². The van der Waals surface area contributed by atoms with Gasteiger partial charge in [-0.1, -0.05) is 58.8 Å². The molecule has 2 aliphatic carbocycles. The van der Waals surface area contributed by atoms with Crippen LogP contribution >= 0.6 is 0 Å². The zero-order valence-electron chi connectivity index (χ0n) is 12.2. The van der Waals surface area contributed by atoms with Gasteiger partial charge in [0, 0.05) is 0 Å². The summed E-state index contributed by atoms with van der Waals surface area (Å²) >= 11 is 0. The van der Waals surface area contributed by atoms with Crippen LogP contribution in [0.3, 0.4) is 0 Å². The number of hydrogen-bond donors (Lipinski definition) is 0. The largest absolute Gasteiger partial charge is 0.0596 e. The lowest BCUT2D eigenvalue weighted by Gasteiger charge is -2.37. The van der Waals surface area contributed by atoms with E-state index in [0.717, 1.165) is 0 Å². The van der Waals surface area contributed by atoms with Crippen LogP contribution in [0.5, 0.6) is 0 Å². The highest BCUT2D eigenvalue weighted by molar-refractivity contribution is 4.82. The van der Waals surface area contributed by atoms with Gasteiger partial charge < -0.3 is 0 Å². The van der Waals surface area contributed by atoms with Crippen LogP contribution in [0.2, 0.25) is 0 Å². The molecule has 0 N–H and O–H groups in total. The third-order valence-electron chi connectivity index (χ3n) is 5.68. The van der Waals surface area contributed by atoms with Crippen molar-refractivity contribution < 1.29 is 0 Å². The summed E-state index contributed by atoms with van der Waals surface area (Å²) in [6.07, 6.45) is 19.5. The van der Waals surface area contributed by atoms with Crippen LogP contribution in [0.1, 0.15) is 97.3 Å². The molecule has 0 aliphatic heterocycles. The normalized spacial score (nSPS) is 27.9. The monoisotopic (exact) mass is 236 g/mol. The zero-order chi connectivity index (χ0) is 12.2. The van der Waals surface area contributed by atoms with Gasteiger partial charge in [0.05, 0.1) is 0 Å². The molecule has 0 aromatic heterocycles. The molecule has 0 heteroatoms. The lowest BCUT2D eigenvalue weighted by Crippen LogP contribution is -2.23. The molecule has 0 unspecified atom stereocenters. The van der Waals surface area contributed by atoms with Gasteiger partial charge in [-0.25, -0.2) is 0 Å². The molecule has 2 fully saturated rings. The van der Waals surface area contributed by atoms with Crippen molar-refractivity contribution in [2.75, 3.05) is 0 Å². The summed E-state index contributed by atoms with van der Waals surface area (Å²) in [6, 6.07) is 0. The smallest absolute Gasteiger partial charge is 0.0326 e. The van der Waals surface area contributed by atoms with E-state index in [-0.39, 0.29) is 0 Å². The van der Waals surface area contributed by atoms with Crippen molar-refractivity contribution in [2.45, 2.75) is 97.3 Å². The second kappa shape index (κ2) is 5.76. The number of rotatable bonds is 4. The Hall–Kier alpha value is 0. The van der Waals surface area contributed by atoms with E-state index in [1.54, 1.807) is 0 Å². The summed E-state index contributed by atoms with van der Waals surface area (Å²) in [5.41, 5.74) is 1.42. The highest BCUT2D eigenvalue weighted by atomic mass is 14.3. The van der Waals surface area contributed by atoms with Crippen LogP contribution in [0.15, 0.2) is 0 Å². The summed E-state index contributed by atoms with van der Waals surface area (Å²) in [5.74, 6) is 0. The van der Waals surface area contributed by atoms with Gasteiger partial charge in [-0.05, 0) is 49.4 Å². The maximum Gasteiger partial charge on any atom is -0.0326 e. The summed E-state index contributed by atoms with van der Waals surface area (Å²) in [5, 5.41) is 0. The van der Waals surface area contributed by atoms with E-state index in [4.69, 9.17) is 0 Å². The first kappa shape index (κ1) is 13.4. The Balaban J connectivity index is 1.70. The van der Waals surface area contributed by atoms with Crippen molar-refractivity contribution in [3.8, 4) is 0 Å². The van der Waals surface area contributed by atoms with Gasteiger partial charge in [-0.2, -0.15) is 0 Å². The number of hydrogen-bond acceptors (Lipinski definition) is 0. The minimum Gasteiger partial charge on any atom is -0.0596 e. The van der Waals surface area contributed by atoms with Crippen LogP contribution in [0.4, 0.5) is 0 Å². The van der Waals surface area contributed by atoms with E-state index in [0.29, 0.717) is 10.8 Å². The highest BCUT2D eigenvalue weighted by Gasteiger charge is 2.29. The molecule has 0 atom stereocenters. The Morgan fingerprint density at radius 3 is 1.29 bits per heavy atom. The van der Waals surface area contributed by atoms with Crippen molar-refractivity contribution in [3.63, 3.8) is 0 Å². The van der Waals surface area contributed by atoms with Crippen LogP contribution in [-0.4, -0.2) is 0 Å². The topological polar surface area (TPSA) is 0 Å². The van der Waals surface area contributed by atoms with Gasteiger partial charge >= 0.3 is 0 Å². The molecule has 0 spiro atoms. The van der Waals surface area contributed by atoms with Crippen molar-refractivity contribution in [2.24, 2.45) is 10.8 Å². The SMILES string of the molecule is CC1(CCCC2(C)CCCCC2)CCCCC1. The molecule has 0 aromatic carbocycles. The van der Waals surface area contributed by atoms with Gasteiger partial charge in [0.25, 0.3) is 0 Å². The van der Waals surface area contributed by atoms with Crippen LogP contribution in [0.25, 0.3) is 0 Å². The Morgan fingerprint density at radius 1 is 0.588 bits per heavy atom. The van der Waals surface area contributed by atoms with Gasteiger partial charge in [-0.3, -0.25) is 0 Å². The summed E-state index contributed by atoms with van der Waals surface area (Å²) < 4.78 is 0. The van der Waals surface area contributed by atoms with Crippen molar-refractivity contribution in [1.82, 2.24) is 0 Å². The van der Waals surface area contributed by atoms with E-state index in [1.807, 2.05) is 0 Å². The first-order valence-electron chi connectivity index (χ1n) is 8.12. The van der Waals surface area contributed by atoms with Crippen molar-refractivity contribution >= 4 is 0 Å². The summed E-state index contributed by atoms with van der Waals surface area (Å²) in [7, 11) is 0. The molecule has 2 saturated carbocycles. The third-order valence-corrected chi connectivity index (χ3v) is 5.68. The fourth-order valence-electron chi connectivity index (χ4n) is 4.25. The molecule has 0 amide bonds. The third kappa shape index (κ3) is 4.00. The van der Waals surface area contributed by atoms with Gasteiger partial charge in [0.15, 0.2) is 0 Å². The Bertz CT molecular complexity index is 192. The predicted molar refractivity (Wildman–Crippen MR) is 76.2 cm³/mol. The predicted octanol–water partition coefficient (Wildman–Crippen LogP) is 6.10. The van der Waals surface area contributed by atoms with Crippen molar-refractivity contribution in [3.05, 3.63) is 0 Å². The fraction of sp³-hybridized carbons (Fsp3) is 1.00. The van der Waals surface area contributed by atoms with Crippen LogP contribution < -0.4 is 0 Å². The first-order valence-corrected chi connectivity index (χ1v) is 8.12. The van der Waals surface area contributed by atoms with E-state index < -0.39 is 0 Å². The molecule has 0 saturated heterocycles. The molecule has 0 heterocycles. The van der Waals surface area contributed by atoms with E-state index >= 15 is 0 Å². The fourth-order valence-corrected chi connectivity index (χ4v) is 4.25. The van der Waals surface area contributed by atoms with E-state index in [9.17, 15) is 0 Å². The lowest BCUT2D eigenvalue weighted by molar-refractivity contribution is 0.154. The molecule has 2 rings (SSSR count). The molecular formula is C17H32. The summed E-state index contributed by atoms with van der Waals surface area (Å²) in [6.45, 7) is 5.10. The Morgan fingerprint density at radius 2 is 0.941 bits per heavy atom. The molecule has 17 heavy (non-hydrogen) atoms. The van der Waals surface area contributed by atoms with Gasteiger partial charge in [-0.15, -0.1) is 0 Å². The standard InChI is InChI=1S/C17H32/c1-16(10-5-3-6-11-16)14-9-15-17(2)12-7-4-8-13-17/h3-15H2,1-2H3. The Labute approximate surface area is 109 Å². The maximum atomic E-state index is 2.55. The molecule has 2 aliphatic rings. The Kier molecular flexibility index (Phi) is 4.55. The summed E-state index contributed by atoms with van der Waals surface area (Å²) in [4.78, 5) is 0.